The van der Waals surface area contributed by atoms with Gasteiger partial charge in [-0.2, -0.15) is 0 Å². The zero-order chi connectivity index (χ0) is 18.4. The highest BCUT2D eigenvalue weighted by Gasteiger charge is 2.22. The van der Waals surface area contributed by atoms with E-state index in [0.29, 0.717) is 5.56 Å². The minimum atomic E-state index is -1.02. The first kappa shape index (κ1) is 18.6. The van der Waals surface area contributed by atoms with E-state index in [1.54, 1.807) is 0 Å². The number of hydrogen-bond acceptors (Lipinski definition) is 3. The van der Waals surface area contributed by atoms with Crippen LogP contribution < -0.4 is 5.32 Å². The smallest absolute Gasteiger partial charge is 0.328 e. The number of carbonyl (C=O) groups is 2. The molecule has 0 heterocycles. The van der Waals surface area contributed by atoms with Crippen molar-refractivity contribution >= 4 is 11.9 Å². The molecular weight excluding hydrogens is 328 g/mol. The van der Waals surface area contributed by atoms with Crippen LogP contribution in [0.4, 0.5) is 8.78 Å². The third kappa shape index (κ3) is 5.38. The normalized spacial score (nSPS) is 11.7. The molecule has 2 aromatic carbocycles. The van der Waals surface area contributed by atoms with Crippen LogP contribution in [0.15, 0.2) is 42.5 Å². The molecule has 1 amide bonds. The number of hydrogen-bond donors (Lipinski definition) is 1. The summed E-state index contributed by atoms with van der Waals surface area (Å²) in [5.41, 5.74) is 2.27. The Morgan fingerprint density at radius 1 is 1.04 bits per heavy atom. The number of benzene rings is 2. The fraction of sp³-hybridized carbons (Fsp3) is 0.263. The average Bonchev–Trinajstić information content (AvgIpc) is 2.58. The quantitative estimate of drug-likeness (QED) is 0.818. The molecule has 1 atom stereocenters. The van der Waals surface area contributed by atoms with Crippen LogP contribution in [0.25, 0.3) is 0 Å². The van der Waals surface area contributed by atoms with Gasteiger partial charge in [0.2, 0.25) is 5.91 Å². The largest absolute Gasteiger partial charge is 0.467 e. The third-order valence-electron chi connectivity index (χ3n) is 3.73. The van der Waals surface area contributed by atoms with E-state index < -0.39 is 29.6 Å². The molecule has 1 N–H and O–H groups in total. The summed E-state index contributed by atoms with van der Waals surface area (Å²) >= 11 is 0. The van der Waals surface area contributed by atoms with E-state index in [2.05, 4.69) is 5.32 Å². The van der Waals surface area contributed by atoms with Gasteiger partial charge in [-0.25, -0.2) is 13.6 Å². The lowest BCUT2D eigenvalue weighted by Crippen LogP contribution is -2.43. The molecule has 0 spiro atoms. The Labute approximate surface area is 144 Å². The number of methoxy groups -OCH3 is 1. The Morgan fingerprint density at radius 2 is 1.68 bits per heavy atom. The second-order valence-corrected chi connectivity index (χ2v) is 5.76. The molecular formula is C19H19F2NO3. The van der Waals surface area contributed by atoms with Gasteiger partial charge in [0.1, 0.15) is 6.04 Å². The second kappa shape index (κ2) is 8.37. The van der Waals surface area contributed by atoms with Crippen LogP contribution in [-0.2, 0) is 27.2 Å². The fourth-order valence-electron chi connectivity index (χ4n) is 2.38. The van der Waals surface area contributed by atoms with Gasteiger partial charge in [-0.05, 0) is 30.2 Å². The number of esters is 1. The van der Waals surface area contributed by atoms with Gasteiger partial charge in [0, 0.05) is 6.42 Å². The van der Waals surface area contributed by atoms with Crippen molar-refractivity contribution in [1.29, 1.82) is 0 Å². The summed E-state index contributed by atoms with van der Waals surface area (Å²) in [5, 5.41) is 2.58. The SMILES string of the molecule is COC(=O)[C@@H](Cc1ccc(C)cc1)NC(=O)Cc1ccc(F)c(F)c1. The summed E-state index contributed by atoms with van der Waals surface area (Å²) < 4.78 is 30.9. The minimum Gasteiger partial charge on any atom is -0.467 e. The molecule has 0 saturated carbocycles. The van der Waals surface area contributed by atoms with Gasteiger partial charge in [0.25, 0.3) is 0 Å². The van der Waals surface area contributed by atoms with Crippen molar-refractivity contribution in [2.24, 2.45) is 0 Å². The molecule has 0 radical (unpaired) electrons. The Bertz CT molecular complexity index is 760. The summed E-state index contributed by atoms with van der Waals surface area (Å²) in [6, 6.07) is 9.94. The third-order valence-corrected chi connectivity index (χ3v) is 3.73. The van der Waals surface area contributed by atoms with Crippen LogP contribution in [0.5, 0.6) is 0 Å². The molecule has 2 aromatic rings. The maximum Gasteiger partial charge on any atom is 0.328 e. The van der Waals surface area contributed by atoms with Crippen molar-refractivity contribution in [3.8, 4) is 0 Å². The van der Waals surface area contributed by atoms with Gasteiger partial charge in [0.15, 0.2) is 11.6 Å². The number of rotatable bonds is 6. The Balaban J connectivity index is 2.05. The van der Waals surface area contributed by atoms with E-state index in [1.807, 2.05) is 31.2 Å². The Kier molecular flexibility index (Phi) is 6.22. The van der Waals surface area contributed by atoms with Crippen molar-refractivity contribution in [1.82, 2.24) is 5.32 Å². The number of halogens is 2. The monoisotopic (exact) mass is 347 g/mol. The van der Waals surface area contributed by atoms with Crippen LogP contribution >= 0.6 is 0 Å². The molecule has 4 nitrogen and oxygen atoms in total. The second-order valence-electron chi connectivity index (χ2n) is 5.76. The predicted octanol–water partition coefficient (Wildman–Crippen LogP) is 2.72. The van der Waals surface area contributed by atoms with E-state index in [9.17, 15) is 18.4 Å². The highest BCUT2D eigenvalue weighted by molar-refractivity contribution is 5.85. The number of nitrogens with one attached hydrogen (secondary N) is 1. The zero-order valence-corrected chi connectivity index (χ0v) is 14.0. The lowest BCUT2D eigenvalue weighted by Gasteiger charge is -2.17. The fourth-order valence-corrected chi connectivity index (χ4v) is 2.38. The molecule has 2 rings (SSSR count). The molecule has 25 heavy (non-hydrogen) atoms. The highest BCUT2D eigenvalue weighted by atomic mass is 19.2. The van der Waals surface area contributed by atoms with Gasteiger partial charge in [0.05, 0.1) is 13.5 Å². The Hall–Kier alpha value is -2.76. The first-order chi connectivity index (χ1) is 11.9. The van der Waals surface area contributed by atoms with Gasteiger partial charge < -0.3 is 10.1 Å². The number of amides is 1. The maximum atomic E-state index is 13.2. The topological polar surface area (TPSA) is 55.4 Å². The first-order valence-corrected chi connectivity index (χ1v) is 7.75. The molecule has 0 bridgehead atoms. The summed E-state index contributed by atoms with van der Waals surface area (Å²) in [4.78, 5) is 24.1. The molecule has 0 aromatic heterocycles. The van der Waals surface area contributed by atoms with Crippen LogP contribution in [0.3, 0.4) is 0 Å². The average molecular weight is 347 g/mol. The van der Waals surface area contributed by atoms with Crippen LogP contribution in [0.1, 0.15) is 16.7 Å². The van der Waals surface area contributed by atoms with E-state index in [1.165, 1.54) is 13.2 Å². The van der Waals surface area contributed by atoms with Gasteiger partial charge >= 0.3 is 5.97 Å². The van der Waals surface area contributed by atoms with Gasteiger partial charge in [-0.15, -0.1) is 0 Å². The van der Waals surface area contributed by atoms with E-state index in [4.69, 9.17) is 4.74 Å². The van der Waals surface area contributed by atoms with Crippen LogP contribution in [0.2, 0.25) is 0 Å². The van der Waals surface area contributed by atoms with Gasteiger partial charge in [-0.1, -0.05) is 35.9 Å². The van der Waals surface area contributed by atoms with Crippen molar-refractivity contribution in [2.45, 2.75) is 25.8 Å². The Morgan fingerprint density at radius 3 is 2.28 bits per heavy atom. The summed E-state index contributed by atoms with van der Waals surface area (Å²) in [7, 11) is 1.24. The summed E-state index contributed by atoms with van der Waals surface area (Å²) in [6.07, 6.45) is 0.106. The van der Waals surface area contributed by atoms with Gasteiger partial charge in [-0.3, -0.25) is 4.79 Å². The maximum absolute atomic E-state index is 13.2. The predicted molar refractivity (Wildman–Crippen MR) is 88.9 cm³/mol. The lowest BCUT2D eigenvalue weighted by molar-refractivity contribution is -0.145. The van der Waals surface area contributed by atoms with Crippen molar-refractivity contribution in [3.63, 3.8) is 0 Å². The molecule has 0 saturated heterocycles. The standard InChI is InChI=1S/C19H19F2NO3/c1-12-3-5-13(6-4-12)10-17(19(24)25-2)22-18(23)11-14-7-8-15(20)16(21)9-14/h3-9,17H,10-11H2,1-2H3,(H,22,23)/t17-/m1/s1. The molecule has 132 valence electrons. The molecule has 0 unspecified atom stereocenters. The number of carbonyl (C=O) groups excluding carboxylic acids is 2. The van der Waals surface area contributed by atoms with Crippen molar-refractivity contribution < 1.29 is 23.1 Å². The minimum absolute atomic E-state index is 0.168. The molecule has 0 aliphatic carbocycles. The summed E-state index contributed by atoms with van der Waals surface area (Å²) in [6.45, 7) is 1.95. The van der Waals surface area contributed by atoms with E-state index in [-0.39, 0.29) is 12.8 Å². The zero-order valence-electron chi connectivity index (χ0n) is 14.0. The molecule has 0 aliphatic heterocycles. The first-order valence-electron chi connectivity index (χ1n) is 7.75. The molecule has 0 fully saturated rings. The highest BCUT2D eigenvalue weighted by Crippen LogP contribution is 2.10. The number of aryl methyl sites for hydroxylation is 1. The van der Waals surface area contributed by atoms with E-state index >= 15 is 0 Å². The molecule has 0 aliphatic rings. The van der Waals surface area contributed by atoms with Crippen molar-refractivity contribution in [3.05, 3.63) is 70.8 Å². The van der Waals surface area contributed by atoms with Crippen LogP contribution in [-0.4, -0.2) is 25.0 Å². The summed E-state index contributed by atoms with van der Waals surface area (Å²) in [5.74, 6) is -3.04. The lowest BCUT2D eigenvalue weighted by atomic mass is 10.0. The number of ether oxygens (including phenoxy) is 1. The van der Waals surface area contributed by atoms with E-state index in [0.717, 1.165) is 23.3 Å². The van der Waals surface area contributed by atoms with Crippen molar-refractivity contribution in [2.75, 3.05) is 7.11 Å². The van der Waals surface area contributed by atoms with Crippen LogP contribution in [0, 0.1) is 18.6 Å². The molecule has 6 heteroatoms.